The maximum Gasteiger partial charge on any atom is 0.407 e. The van der Waals surface area contributed by atoms with Gasteiger partial charge in [0, 0.05) is 29.8 Å². The Morgan fingerprint density at radius 3 is 2.42 bits per heavy atom. The van der Waals surface area contributed by atoms with Gasteiger partial charge in [-0.3, -0.25) is 9.59 Å². The minimum Gasteiger partial charge on any atom is -0.481 e. The van der Waals surface area contributed by atoms with Crippen molar-refractivity contribution in [1.82, 2.24) is 5.32 Å². The SMILES string of the molecule is C[C@H](CCC(=O)O)NC(=O)OCCCC(=O)CCCc1ccc([80Br])cc1. The molecule has 6 nitrogen and oxygen atoms in total. The van der Waals surface area contributed by atoms with E-state index in [2.05, 4.69) is 21.2 Å². The largest absolute Gasteiger partial charge is 0.481 e. The standard InChI is InChI=1S/C19H26BrNO5/c1-14(7-12-18(23)24)21-19(25)26-13-3-6-17(22)5-2-4-15-8-10-16(20)11-9-15/h8-11,14H,2-7,12-13H2,1H3,(H,21,25)(H,23,24)/t14-/m1/s1/i20+0. The summed E-state index contributed by atoms with van der Waals surface area (Å²) < 4.78 is 6.04. The summed E-state index contributed by atoms with van der Waals surface area (Å²) in [6.45, 7) is 1.90. The number of amides is 1. The molecule has 144 valence electrons. The molecule has 0 aliphatic carbocycles. The Labute approximate surface area is 162 Å². The number of ether oxygens (including phenoxy) is 1. The monoisotopic (exact) mass is 428 g/mol. The average Bonchev–Trinajstić information content (AvgIpc) is 2.58. The molecule has 0 radical (unpaired) electrons. The summed E-state index contributed by atoms with van der Waals surface area (Å²) in [5, 5.41) is 11.1. The van der Waals surface area contributed by atoms with Crippen LogP contribution in [0.1, 0.15) is 51.0 Å². The fraction of sp³-hybridized carbons (Fsp3) is 0.526. The predicted octanol–water partition coefficient (Wildman–Crippen LogP) is 4.10. The van der Waals surface area contributed by atoms with Gasteiger partial charge < -0.3 is 15.2 Å². The molecule has 0 fully saturated rings. The molecule has 0 aliphatic heterocycles. The lowest BCUT2D eigenvalue weighted by molar-refractivity contribution is -0.137. The van der Waals surface area contributed by atoms with Gasteiger partial charge in [-0.2, -0.15) is 0 Å². The van der Waals surface area contributed by atoms with Crippen LogP contribution >= 0.6 is 15.9 Å². The average molecular weight is 428 g/mol. The first kappa shape index (κ1) is 22.2. The number of ketones is 1. The molecule has 26 heavy (non-hydrogen) atoms. The molecule has 2 N–H and O–H groups in total. The number of carboxylic acids is 1. The Morgan fingerprint density at radius 2 is 1.77 bits per heavy atom. The minimum atomic E-state index is -0.898. The van der Waals surface area contributed by atoms with Gasteiger partial charge in [0.15, 0.2) is 0 Å². The number of rotatable bonds is 12. The predicted molar refractivity (Wildman–Crippen MR) is 102 cm³/mol. The van der Waals surface area contributed by atoms with Crippen LogP contribution in [0.25, 0.3) is 0 Å². The van der Waals surface area contributed by atoms with Crippen molar-refractivity contribution in [2.24, 2.45) is 0 Å². The van der Waals surface area contributed by atoms with Gasteiger partial charge in [0.05, 0.1) is 6.61 Å². The zero-order valence-electron chi connectivity index (χ0n) is 15.0. The van der Waals surface area contributed by atoms with Crippen molar-refractivity contribution in [3.8, 4) is 0 Å². The first-order chi connectivity index (χ1) is 12.4. The van der Waals surface area contributed by atoms with Crippen molar-refractivity contribution < 1.29 is 24.2 Å². The number of halogens is 1. The van der Waals surface area contributed by atoms with Gasteiger partial charge in [-0.15, -0.1) is 0 Å². The fourth-order valence-corrected chi connectivity index (χ4v) is 2.62. The molecule has 0 saturated carbocycles. The molecular formula is C19H26BrNO5. The number of carboxylic acid groups (broad SMARTS) is 1. The summed E-state index contributed by atoms with van der Waals surface area (Å²) in [5.74, 6) is -0.730. The van der Waals surface area contributed by atoms with Crippen LogP contribution in [0.4, 0.5) is 4.79 Å². The van der Waals surface area contributed by atoms with Crippen LogP contribution in [-0.4, -0.2) is 35.6 Å². The van der Waals surface area contributed by atoms with E-state index in [0.29, 0.717) is 25.7 Å². The van der Waals surface area contributed by atoms with Crippen molar-refractivity contribution in [1.29, 1.82) is 0 Å². The van der Waals surface area contributed by atoms with E-state index in [1.54, 1.807) is 6.92 Å². The second-order valence-corrected chi connectivity index (χ2v) is 7.15. The summed E-state index contributed by atoms with van der Waals surface area (Å²) in [4.78, 5) is 33.8. The van der Waals surface area contributed by atoms with Crippen LogP contribution in [-0.2, 0) is 20.7 Å². The quantitative estimate of drug-likeness (QED) is 0.489. The fourth-order valence-electron chi connectivity index (χ4n) is 2.35. The van der Waals surface area contributed by atoms with Gasteiger partial charge >= 0.3 is 12.1 Å². The molecule has 0 bridgehead atoms. The van der Waals surface area contributed by atoms with Crippen LogP contribution in [0.2, 0.25) is 0 Å². The first-order valence-corrected chi connectivity index (χ1v) is 9.57. The Balaban J connectivity index is 2.05. The highest BCUT2D eigenvalue weighted by Crippen LogP contribution is 2.13. The molecule has 1 amide bonds. The van der Waals surface area contributed by atoms with E-state index in [-0.39, 0.29) is 24.9 Å². The third-order valence-electron chi connectivity index (χ3n) is 3.82. The van der Waals surface area contributed by atoms with E-state index in [4.69, 9.17) is 9.84 Å². The lowest BCUT2D eigenvalue weighted by atomic mass is 10.0. The molecule has 0 saturated heterocycles. The van der Waals surface area contributed by atoms with Crippen molar-refractivity contribution >= 4 is 33.8 Å². The zero-order chi connectivity index (χ0) is 19.4. The van der Waals surface area contributed by atoms with Crippen molar-refractivity contribution in [3.05, 3.63) is 34.3 Å². The smallest absolute Gasteiger partial charge is 0.407 e. The topological polar surface area (TPSA) is 92.7 Å². The Hall–Kier alpha value is -1.89. The second-order valence-electron chi connectivity index (χ2n) is 6.24. The van der Waals surface area contributed by atoms with E-state index >= 15 is 0 Å². The lowest BCUT2D eigenvalue weighted by Gasteiger charge is -2.12. The molecule has 0 unspecified atom stereocenters. The van der Waals surface area contributed by atoms with Crippen LogP contribution in [0, 0.1) is 0 Å². The molecule has 7 heteroatoms. The number of alkyl carbamates (subject to hydrolysis) is 1. The number of nitrogens with one attached hydrogen (secondary N) is 1. The van der Waals surface area contributed by atoms with E-state index in [0.717, 1.165) is 17.3 Å². The number of Topliss-reactive ketones (excluding diaryl/α,β-unsaturated/α-hetero) is 1. The van der Waals surface area contributed by atoms with Gasteiger partial charge in [0.25, 0.3) is 0 Å². The normalized spacial score (nSPS) is 11.6. The van der Waals surface area contributed by atoms with Crippen molar-refractivity contribution in [2.75, 3.05) is 6.61 Å². The second kappa shape index (κ2) is 12.5. The van der Waals surface area contributed by atoms with Gasteiger partial charge in [-0.1, -0.05) is 28.1 Å². The van der Waals surface area contributed by atoms with E-state index in [9.17, 15) is 14.4 Å². The van der Waals surface area contributed by atoms with Crippen LogP contribution in [0.5, 0.6) is 0 Å². The first-order valence-electron chi connectivity index (χ1n) is 8.78. The molecule has 0 aliphatic rings. The van der Waals surface area contributed by atoms with Gasteiger partial charge in [0.1, 0.15) is 5.78 Å². The van der Waals surface area contributed by atoms with E-state index in [1.165, 1.54) is 5.56 Å². The number of carbonyl (C=O) groups is 3. The number of aryl methyl sites for hydroxylation is 1. The highest BCUT2D eigenvalue weighted by Gasteiger charge is 2.10. The van der Waals surface area contributed by atoms with Crippen molar-refractivity contribution in [2.45, 2.75) is 57.9 Å². The molecule has 1 atom stereocenters. The number of hydrogen-bond acceptors (Lipinski definition) is 4. The van der Waals surface area contributed by atoms with Gasteiger partial charge in [0.2, 0.25) is 0 Å². The van der Waals surface area contributed by atoms with E-state index < -0.39 is 12.1 Å². The molecule has 1 rings (SSSR count). The van der Waals surface area contributed by atoms with Crippen LogP contribution < -0.4 is 5.32 Å². The summed E-state index contributed by atoms with van der Waals surface area (Å²) in [7, 11) is 0. The van der Waals surface area contributed by atoms with Crippen LogP contribution in [0.15, 0.2) is 28.7 Å². The lowest BCUT2D eigenvalue weighted by Crippen LogP contribution is -2.33. The number of benzene rings is 1. The third-order valence-corrected chi connectivity index (χ3v) is 4.35. The number of hydrogen-bond donors (Lipinski definition) is 2. The molecule has 1 aromatic carbocycles. The third kappa shape index (κ3) is 10.9. The van der Waals surface area contributed by atoms with E-state index in [1.807, 2.05) is 24.3 Å². The maximum absolute atomic E-state index is 11.8. The maximum atomic E-state index is 11.8. The summed E-state index contributed by atoms with van der Waals surface area (Å²) in [5.41, 5.74) is 1.21. The summed E-state index contributed by atoms with van der Waals surface area (Å²) in [6.07, 6.45) is 2.85. The molecule has 0 heterocycles. The van der Waals surface area contributed by atoms with Gasteiger partial charge in [-0.05, 0) is 50.3 Å². The van der Waals surface area contributed by atoms with Gasteiger partial charge in [-0.25, -0.2) is 4.79 Å². The number of aliphatic carboxylic acids is 1. The molecule has 0 spiro atoms. The summed E-state index contributed by atoms with van der Waals surface area (Å²) >= 11 is 3.39. The molecule has 1 aromatic rings. The number of carbonyl (C=O) groups excluding carboxylic acids is 2. The summed E-state index contributed by atoms with van der Waals surface area (Å²) in [6, 6.07) is 7.79. The molecule has 0 aromatic heterocycles. The zero-order valence-corrected chi connectivity index (χ0v) is 16.6. The minimum absolute atomic E-state index is 0.00377. The highest BCUT2D eigenvalue weighted by molar-refractivity contribution is 9.10. The Kier molecular flexibility index (Phi) is 10.6. The Morgan fingerprint density at radius 1 is 1.12 bits per heavy atom. The van der Waals surface area contributed by atoms with Crippen molar-refractivity contribution in [3.63, 3.8) is 0 Å². The Bertz CT molecular complexity index is 588. The highest BCUT2D eigenvalue weighted by atomic mass is 79.9. The van der Waals surface area contributed by atoms with Crippen LogP contribution in [0.3, 0.4) is 0 Å². The molecular weight excluding hydrogens is 402 g/mol.